The summed E-state index contributed by atoms with van der Waals surface area (Å²) >= 11 is 4.29. The molecule has 2 N–H and O–H groups in total. The van der Waals surface area contributed by atoms with Gasteiger partial charge in [-0.15, -0.1) is 0 Å². The van der Waals surface area contributed by atoms with E-state index in [4.69, 9.17) is 9.84 Å². The number of nitrogens with zero attached hydrogens (tertiary/aromatic N) is 1. The van der Waals surface area contributed by atoms with Crippen molar-refractivity contribution in [1.82, 2.24) is 0 Å². The highest BCUT2D eigenvalue weighted by Crippen LogP contribution is 2.30. The molecule has 0 aromatic heterocycles. The minimum absolute atomic E-state index is 0.00522. The van der Waals surface area contributed by atoms with Crippen LogP contribution in [0.3, 0.4) is 0 Å². The fourth-order valence-corrected chi connectivity index (χ4v) is 4.98. The molecule has 33 heavy (non-hydrogen) atoms. The van der Waals surface area contributed by atoms with Gasteiger partial charge in [0.25, 0.3) is 5.91 Å². The fraction of sp³-hybridized carbons (Fsp3) is 0.0800. The van der Waals surface area contributed by atoms with Gasteiger partial charge >= 0.3 is 5.97 Å². The molecule has 0 unspecified atom stereocenters. The summed E-state index contributed by atoms with van der Waals surface area (Å²) in [7, 11) is 0. The molecule has 3 aromatic carbocycles. The van der Waals surface area contributed by atoms with E-state index in [-0.39, 0.29) is 17.7 Å². The molecule has 0 aliphatic rings. The van der Waals surface area contributed by atoms with Crippen molar-refractivity contribution in [2.45, 2.75) is 13.5 Å². The van der Waals surface area contributed by atoms with E-state index in [0.717, 1.165) is 18.3 Å². The van der Waals surface area contributed by atoms with Crippen LogP contribution in [0.25, 0.3) is 6.08 Å². The second kappa shape index (κ2) is 11.3. The highest BCUT2D eigenvalue weighted by atomic mass is 127. The van der Waals surface area contributed by atoms with Gasteiger partial charge in [0.1, 0.15) is 24.0 Å². The van der Waals surface area contributed by atoms with Gasteiger partial charge in [-0.25, -0.2) is 4.79 Å². The Morgan fingerprint density at radius 3 is 2.21 bits per heavy atom. The number of carbonyl (C=O) groups is 2. The molecule has 3 aromatic rings. The van der Waals surface area contributed by atoms with Gasteiger partial charge in [-0.05, 0) is 106 Å². The predicted octanol–water partition coefficient (Wildman–Crippen LogP) is 6.03. The van der Waals surface area contributed by atoms with Gasteiger partial charge in [-0.1, -0.05) is 29.8 Å². The lowest BCUT2D eigenvalue weighted by atomic mass is 10.1. The number of aryl methyl sites for hydroxylation is 1. The largest absolute Gasteiger partial charge is 0.487 e. The topological polar surface area (TPSA) is 99.4 Å². The van der Waals surface area contributed by atoms with Crippen LogP contribution in [0.1, 0.15) is 27.0 Å². The second-order valence-electron chi connectivity index (χ2n) is 7.09. The van der Waals surface area contributed by atoms with Gasteiger partial charge in [0.15, 0.2) is 0 Å². The lowest BCUT2D eigenvalue weighted by Gasteiger charge is -2.12. The van der Waals surface area contributed by atoms with Crippen LogP contribution in [0.2, 0.25) is 0 Å². The number of carboxylic acids is 1. The van der Waals surface area contributed by atoms with Crippen molar-refractivity contribution in [2.24, 2.45) is 0 Å². The first kappa shape index (κ1) is 24.7. The first-order chi connectivity index (χ1) is 15.8. The van der Waals surface area contributed by atoms with Crippen molar-refractivity contribution in [2.75, 3.05) is 5.32 Å². The van der Waals surface area contributed by atoms with E-state index >= 15 is 0 Å². The van der Waals surface area contributed by atoms with Crippen LogP contribution in [0.15, 0.2) is 66.2 Å². The third kappa shape index (κ3) is 6.79. The van der Waals surface area contributed by atoms with Gasteiger partial charge in [-0.3, -0.25) is 4.79 Å². The monoisotopic (exact) mass is 664 g/mol. The lowest BCUT2D eigenvalue weighted by molar-refractivity contribution is -0.112. The summed E-state index contributed by atoms with van der Waals surface area (Å²) in [5.74, 6) is -0.769. The first-order valence-electron chi connectivity index (χ1n) is 9.70. The molecule has 0 aliphatic heterocycles. The van der Waals surface area contributed by atoms with Crippen molar-refractivity contribution < 1.29 is 19.4 Å². The van der Waals surface area contributed by atoms with Crippen LogP contribution in [-0.4, -0.2) is 17.0 Å². The van der Waals surface area contributed by atoms with Gasteiger partial charge in [0.05, 0.1) is 12.7 Å². The Morgan fingerprint density at radius 2 is 1.67 bits per heavy atom. The SMILES string of the molecule is Cc1ccc(NC(=O)/C(C#N)=C\c2cc(I)c(OCc3ccc(C(=O)O)cc3)c(I)c2)cc1. The summed E-state index contributed by atoms with van der Waals surface area (Å²) in [6.07, 6.45) is 1.54. The maximum absolute atomic E-state index is 12.5. The molecule has 0 atom stereocenters. The summed E-state index contributed by atoms with van der Waals surface area (Å²) < 4.78 is 7.60. The number of amides is 1. The Labute approximate surface area is 218 Å². The predicted molar refractivity (Wildman–Crippen MR) is 143 cm³/mol. The molecular formula is C25H18I2N2O4. The number of rotatable bonds is 7. The number of hydrogen-bond acceptors (Lipinski definition) is 4. The Bertz CT molecular complexity index is 1240. The molecule has 166 valence electrons. The first-order valence-corrected chi connectivity index (χ1v) is 11.9. The van der Waals surface area contributed by atoms with Crippen molar-refractivity contribution in [3.05, 3.63) is 95.6 Å². The molecule has 0 aliphatic carbocycles. The van der Waals surface area contributed by atoms with Gasteiger partial charge in [-0.2, -0.15) is 5.26 Å². The molecule has 0 spiro atoms. The molecule has 0 radical (unpaired) electrons. The van der Waals surface area contributed by atoms with E-state index in [9.17, 15) is 14.9 Å². The van der Waals surface area contributed by atoms with E-state index in [1.54, 1.807) is 30.3 Å². The molecule has 0 fully saturated rings. The highest BCUT2D eigenvalue weighted by molar-refractivity contribution is 14.1. The fourth-order valence-electron chi connectivity index (χ4n) is 2.85. The van der Waals surface area contributed by atoms with E-state index in [2.05, 4.69) is 50.5 Å². The number of carboxylic acid groups (broad SMARTS) is 1. The average Bonchev–Trinajstić information content (AvgIpc) is 2.78. The van der Waals surface area contributed by atoms with E-state index in [1.807, 2.05) is 37.3 Å². The molecular weight excluding hydrogens is 646 g/mol. The zero-order chi connectivity index (χ0) is 24.0. The minimum atomic E-state index is -0.973. The van der Waals surface area contributed by atoms with E-state index < -0.39 is 11.9 Å². The number of nitriles is 1. The second-order valence-corrected chi connectivity index (χ2v) is 9.42. The molecule has 0 bridgehead atoms. The summed E-state index contributed by atoms with van der Waals surface area (Å²) in [6.45, 7) is 2.24. The standard InChI is InChI=1S/C25H18I2N2O4/c1-15-2-8-20(9-3-15)29-24(30)19(13-28)10-17-11-21(26)23(22(27)12-17)33-14-16-4-6-18(7-5-16)25(31)32/h2-12H,14H2,1H3,(H,29,30)(H,31,32)/b19-10-. The summed E-state index contributed by atoms with van der Waals surface area (Å²) in [5, 5.41) is 21.2. The molecule has 6 nitrogen and oxygen atoms in total. The Balaban J connectivity index is 1.74. The number of hydrogen-bond donors (Lipinski definition) is 2. The molecule has 1 amide bonds. The average molecular weight is 664 g/mol. The van der Waals surface area contributed by atoms with Crippen molar-refractivity contribution >= 4 is 68.8 Å². The highest BCUT2D eigenvalue weighted by Gasteiger charge is 2.13. The molecule has 8 heteroatoms. The normalized spacial score (nSPS) is 10.9. The van der Waals surface area contributed by atoms with E-state index in [1.165, 1.54) is 12.1 Å². The number of aromatic carboxylic acids is 1. The van der Waals surface area contributed by atoms with Crippen molar-refractivity contribution in [1.29, 1.82) is 5.26 Å². The maximum atomic E-state index is 12.5. The van der Waals surface area contributed by atoms with Gasteiger partial charge in [0, 0.05) is 5.69 Å². The number of ether oxygens (including phenoxy) is 1. The van der Waals surface area contributed by atoms with Crippen LogP contribution in [0, 0.1) is 25.4 Å². The summed E-state index contributed by atoms with van der Waals surface area (Å²) in [6, 6.07) is 19.5. The third-order valence-corrected chi connectivity index (χ3v) is 6.19. The van der Waals surface area contributed by atoms with Crippen LogP contribution in [0.4, 0.5) is 5.69 Å². The number of carbonyl (C=O) groups excluding carboxylic acids is 1. The van der Waals surface area contributed by atoms with Crippen LogP contribution in [-0.2, 0) is 11.4 Å². The minimum Gasteiger partial charge on any atom is -0.487 e. The smallest absolute Gasteiger partial charge is 0.335 e. The number of benzene rings is 3. The van der Waals surface area contributed by atoms with Crippen molar-refractivity contribution in [3.8, 4) is 11.8 Å². The maximum Gasteiger partial charge on any atom is 0.335 e. The number of anilines is 1. The molecule has 0 saturated heterocycles. The number of nitrogens with one attached hydrogen (secondary N) is 1. The zero-order valence-electron chi connectivity index (χ0n) is 17.4. The van der Waals surface area contributed by atoms with E-state index in [0.29, 0.717) is 17.0 Å². The quantitative estimate of drug-likeness (QED) is 0.183. The summed E-state index contributed by atoms with van der Waals surface area (Å²) in [5.41, 5.74) is 3.46. The molecule has 0 saturated carbocycles. The van der Waals surface area contributed by atoms with Crippen LogP contribution >= 0.6 is 45.2 Å². The van der Waals surface area contributed by atoms with Gasteiger partial charge in [0.2, 0.25) is 0 Å². The zero-order valence-corrected chi connectivity index (χ0v) is 21.7. The summed E-state index contributed by atoms with van der Waals surface area (Å²) in [4.78, 5) is 23.5. The third-order valence-electron chi connectivity index (χ3n) is 4.59. The van der Waals surface area contributed by atoms with Gasteiger partial charge < -0.3 is 15.2 Å². The Morgan fingerprint density at radius 1 is 1.06 bits per heavy atom. The molecule has 3 rings (SSSR count). The lowest BCUT2D eigenvalue weighted by Crippen LogP contribution is -2.13. The Kier molecular flexibility index (Phi) is 8.46. The van der Waals surface area contributed by atoms with Crippen LogP contribution < -0.4 is 10.1 Å². The van der Waals surface area contributed by atoms with Crippen molar-refractivity contribution in [3.63, 3.8) is 0 Å². The number of halogens is 2. The Hall–Kier alpha value is -2.91. The van der Waals surface area contributed by atoms with Crippen LogP contribution in [0.5, 0.6) is 5.75 Å². The molecule has 0 heterocycles.